The average Bonchev–Trinajstić information content (AvgIpc) is 2.86. The van der Waals surface area contributed by atoms with Crippen LogP contribution in [-0.2, 0) is 4.74 Å². The van der Waals surface area contributed by atoms with Crippen LogP contribution < -0.4 is 5.32 Å². The lowest BCUT2D eigenvalue weighted by Crippen LogP contribution is -2.35. The molecule has 0 saturated carbocycles. The van der Waals surface area contributed by atoms with Crippen LogP contribution in [0.1, 0.15) is 22.8 Å². The van der Waals surface area contributed by atoms with Crippen molar-refractivity contribution in [2.45, 2.75) is 6.92 Å². The number of carbonyl (C=O) groups is 1. The lowest BCUT2D eigenvalue weighted by atomic mass is 10.1. The van der Waals surface area contributed by atoms with Crippen molar-refractivity contribution in [3.63, 3.8) is 0 Å². The third kappa shape index (κ3) is 4.37. The van der Waals surface area contributed by atoms with E-state index in [1.54, 1.807) is 12.1 Å². The summed E-state index contributed by atoms with van der Waals surface area (Å²) in [5, 5.41) is 12.1. The smallest absolute Gasteiger partial charge is 0.254 e. The summed E-state index contributed by atoms with van der Waals surface area (Å²) in [6, 6.07) is 16.8. The Labute approximate surface area is 147 Å². The highest BCUT2D eigenvalue weighted by Crippen LogP contribution is 2.20. The molecule has 0 bridgehead atoms. The van der Waals surface area contributed by atoms with Crippen molar-refractivity contribution < 1.29 is 9.53 Å². The first-order valence-corrected chi connectivity index (χ1v) is 8.40. The van der Waals surface area contributed by atoms with Gasteiger partial charge in [0.2, 0.25) is 0 Å². The van der Waals surface area contributed by atoms with Crippen LogP contribution in [0.25, 0.3) is 0 Å². The second kappa shape index (κ2) is 7.82. The van der Waals surface area contributed by atoms with E-state index in [9.17, 15) is 4.79 Å². The molecule has 1 fully saturated rings. The third-order valence-electron chi connectivity index (χ3n) is 4.14. The molecule has 1 atom stereocenters. The molecule has 2 aromatic rings. The van der Waals surface area contributed by atoms with Crippen LogP contribution in [0.15, 0.2) is 48.5 Å². The van der Waals surface area contributed by atoms with Crippen molar-refractivity contribution in [2.24, 2.45) is 5.92 Å². The highest BCUT2D eigenvalue weighted by Gasteiger charge is 2.21. The summed E-state index contributed by atoms with van der Waals surface area (Å²) in [4.78, 5) is 14.7. The number of amides is 1. The van der Waals surface area contributed by atoms with Crippen LogP contribution in [0.5, 0.6) is 0 Å². The number of anilines is 2. The number of ether oxygens (including phenoxy) is 1. The molecule has 1 aliphatic rings. The van der Waals surface area contributed by atoms with Crippen LogP contribution in [0, 0.1) is 17.2 Å². The van der Waals surface area contributed by atoms with Gasteiger partial charge in [0.1, 0.15) is 0 Å². The maximum Gasteiger partial charge on any atom is 0.254 e. The molecule has 25 heavy (non-hydrogen) atoms. The van der Waals surface area contributed by atoms with E-state index in [1.807, 2.05) is 41.3 Å². The fourth-order valence-electron chi connectivity index (χ4n) is 2.87. The highest BCUT2D eigenvalue weighted by molar-refractivity contribution is 5.95. The number of rotatable bonds is 3. The Morgan fingerprint density at radius 2 is 2.04 bits per heavy atom. The van der Waals surface area contributed by atoms with Crippen LogP contribution in [0.3, 0.4) is 0 Å². The second-order valence-corrected chi connectivity index (χ2v) is 6.33. The summed E-state index contributed by atoms with van der Waals surface area (Å²) in [5.41, 5.74) is 3.00. The predicted molar refractivity (Wildman–Crippen MR) is 96.8 cm³/mol. The van der Waals surface area contributed by atoms with Crippen molar-refractivity contribution in [3.8, 4) is 6.07 Å². The van der Waals surface area contributed by atoms with E-state index in [-0.39, 0.29) is 5.91 Å². The van der Waals surface area contributed by atoms with Gasteiger partial charge in [0.05, 0.1) is 24.8 Å². The number of nitrogens with zero attached hydrogens (tertiary/aromatic N) is 2. The van der Waals surface area contributed by atoms with Crippen LogP contribution in [-0.4, -0.2) is 37.1 Å². The monoisotopic (exact) mass is 335 g/mol. The van der Waals surface area contributed by atoms with E-state index in [0.717, 1.165) is 11.4 Å². The molecule has 5 nitrogen and oxygen atoms in total. The van der Waals surface area contributed by atoms with Crippen molar-refractivity contribution in [1.29, 1.82) is 5.26 Å². The number of benzene rings is 2. The van der Waals surface area contributed by atoms with Crippen LogP contribution in [0.4, 0.5) is 11.4 Å². The molecule has 0 aliphatic carbocycles. The maximum atomic E-state index is 12.8. The largest absolute Gasteiger partial charge is 0.379 e. The number of carbonyl (C=O) groups excluding carboxylic acids is 1. The minimum atomic E-state index is 0.0285. The zero-order chi connectivity index (χ0) is 17.6. The Morgan fingerprint density at radius 3 is 2.80 bits per heavy atom. The topological polar surface area (TPSA) is 65.4 Å². The Morgan fingerprint density at radius 1 is 1.24 bits per heavy atom. The lowest BCUT2D eigenvalue weighted by Gasteiger charge is -2.22. The zero-order valence-corrected chi connectivity index (χ0v) is 14.2. The summed E-state index contributed by atoms with van der Waals surface area (Å²) < 4.78 is 5.52. The van der Waals surface area contributed by atoms with Crippen LogP contribution >= 0.6 is 0 Å². The van der Waals surface area contributed by atoms with Crippen molar-refractivity contribution in [1.82, 2.24) is 4.90 Å². The van der Waals surface area contributed by atoms with E-state index in [0.29, 0.717) is 43.3 Å². The summed E-state index contributed by atoms with van der Waals surface area (Å²) in [7, 11) is 0. The highest BCUT2D eigenvalue weighted by atomic mass is 16.5. The quantitative estimate of drug-likeness (QED) is 0.933. The molecule has 0 aromatic heterocycles. The van der Waals surface area contributed by atoms with Gasteiger partial charge in [0, 0.05) is 30.0 Å². The van der Waals surface area contributed by atoms with Gasteiger partial charge < -0.3 is 15.0 Å². The number of nitrogens with one attached hydrogen (secondary N) is 1. The Kier molecular flexibility index (Phi) is 5.32. The Bertz CT molecular complexity index is 780. The molecule has 1 unspecified atom stereocenters. The first-order valence-electron chi connectivity index (χ1n) is 8.40. The molecular formula is C20H21N3O2. The fraction of sp³-hybridized carbons (Fsp3) is 0.300. The molecule has 1 N–H and O–H groups in total. The molecule has 5 heteroatoms. The molecule has 0 spiro atoms. The van der Waals surface area contributed by atoms with Crippen molar-refractivity contribution in [3.05, 3.63) is 59.7 Å². The number of hydrogen-bond acceptors (Lipinski definition) is 4. The van der Waals surface area contributed by atoms with E-state index in [4.69, 9.17) is 10.00 Å². The van der Waals surface area contributed by atoms with Gasteiger partial charge in [-0.15, -0.1) is 0 Å². The molecule has 0 radical (unpaired) electrons. The normalized spacial score (nSPS) is 17.4. The number of nitriles is 1. The Hall–Kier alpha value is -2.84. The van der Waals surface area contributed by atoms with E-state index < -0.39 is 0 Å². The molecule has 1 amide bonds. The molecule has 3 rings (SSSR count). The van der Waals surface area contributed by atoms with Gasteiger partial charge in [0.25, 0.3) is 5.91 Å². The van der Waals surface area contributed by atoms with Crippen molar-refractivity contribution >= 4 is 17.3 Å². The number of hydrogen-bond donors (Lipinski definition) is 1. The van der Waals surface area contributed by atoms with Gasteiger partial charge in [-0.1, -0.05) is 13.0 Å². The fourth-order valence-corrected chi connectivity index (χ4v) is 2.87. The summed E-state index contributed by atoms with van der Waals surface area (Å²) in [5.74, 6) is 0.368. The predicted octanol–water partition coefficient (Wildman–Crippen LogP) is 3.41. The standard InChI is InChI=1S/C20H21N3O2/c1-15-13-23(9-10-25-14-15)20(24)17-3-2-4-19(11-17)22-18-7-5-16(12-21)6-8-18/h2-8,11,15,22H,9-10,13-14H2,1H3. The first-order chi connectivity index (χ1) is 12.2. The second-order valence-electron chi connectivity index (χ2n) is 6.33. The molecule has 1 saturated heterocycles. The molecule has 1 aliphatic heterocycles. The van der Waals surface area contributed by atoms with Crippen LogP contribution in [0.2, 0.25) is 0 Å². The van der Waals surface area contributed by atoms with E-state index in [2.05, 4.69) is 18.3 Å². The summed E-state index contributed by atoms with van der Waals surface area (Å²) in [6.45, 7) is 4.71. The minimum Gasteiger partial charge on any atom is -0.379 e. The Balaban J connectivity index is 1.73. The SMILES string of the molecule is CC1COCCN(C(=O)c2cccc(Nc3ccc(C#N)cc3)c2)C1. The van der Waals surface area contributed by atoms with Gasteiger partial charge in [0.15, 0.2) is 0 Å². The summed E-state index contributed by atoms with van der Waals surface area (Å²) >= 11 is 0. The van der Waals surface area contributed by atoms with Gasteiger partial charge in [-0.25, -0.2) is 0 Å². The van der Waals surface area contributed by atoms with Gasteiger partial charge in [-0.05, 0) is 48.4 Å². The molecule has 128 valence electrons. The third-order valence-corrected chi connectivity index (χ3v) is 4.14. The molecule has 1 heterocycles. The average molecular weight is 335 g/mol. The maximum absolute atomic E-state index is 12.8. The van der Waals surface area contributed by atoms with Crippen molar-refractivity contribution in [2.75, 3.05) is 31.6 Å². The molecular weight excluding hydrogens is 314 g/mol. The van der Waals surface area contributed by atoms with Gasteiger partial charge in [-0.2, -0.15) is 5.26 Å². The van der Waals surface area contributed by atoms with E-state index >= 15 is 0 Å². The molecule has 2 aromatic carbocycles. The lowest BCUT2D eigenvalue weighted by molar-refractivity contribution is 0.0738. The van der Waals surface area contributed by atoms with E-state index in [1.165, 1.54) is 0 Å². The summed E-state index contributed by atoms with van der Waals surface area (Å²) in [6.07, 6.45) is 0. The van der Waals surface area contributed by atoms with Gasteiger partial charge >= 0.3 is 0 Å². The minimum absolute atomic E-state index is 0.0285. The first kappa shape index (κ1) is 17.0. The van der Waals surface area contributed by atoms with Gasteiger partial charge in [-0.3, -0.25) is 4.79 Å². The zero-order valence-electron chi connectivity index (χ0n) is 14.2.